The number of halogens is 2. The van der Waals surface area contributed by atoms with Gasteiger partial charge in [-0.15, -0.1) is 24.0 Å². The molecule has 1 fully saturated rings. The Morgan fingerprint density at radius 3 is 2.48 bits per heavy atom. The van der Waals surface area contributed by atoms with Crippen LogP contribution in [0.3, 0.4) is 0 Å². The summed E-state index contributed by atoms with van der Waals surface area (Å²) in [6.45, 7) is 9.07. The first-order valence-corrected chi connectivity index (χ1v) is 9.82. The zero-order chi connectivity index (χ0) is 18.4. The van der Waals surface area contributed by atoms with Gasteiger partial charge >= 0.3 is 0 Å². The standard InChI is InChI=1S/C18H25FN6S.HI/c1-3-16-22-18(26-23-16)25-11-9-24(10-12-25)17(20-4-2)21-13-14-5-7-15(19)8-6-14;/h5-8H,3-4,9-13H2,1-2H3,(H,20,21);1H. The first kappa shape index (κ1) is 21.8. The van der Waals surface area contributed by atoms with Crippen LogP contribution >= 0.6 is 35.5 Å². The number of nitrogens with one attached hydrogen (secondary N) is 1. The van der Waals surface area contributed by atoms with Crippen LogP contribution < -0.4 is 10.2 Å². The molecule has 0 aliphatic carbocycles. The van der Waals surface area contributed by atoms with E-state index in [9.17, 15) is 4.39 Å². The lowest BCUT2D eigenvalue weighted by molar-refractivity contribution is 0.372. The zero-order valence-corrected chi connectivity index (χ0v) is 18.8. The van der Waals surface area contributed by atoms with Crippen LogP contribution in [0, 0.1) is 5.82 Å². The maximum Gasteiger partial charge on any atom is 0.205 e. The Hall–Kier alpha value is -1.49. The monoisotopic (exact) mass is 504 g/mol. The highest BCUT2D eigenvalue weighted by Gasteiger charge is 2.22. The fourth-order valence-electron chi connectivity index (χ4n) is 2.81. The predicted octanol–water partition coefficient (Wildman–Crippen LogP) is 3.15. The van der Waals surface area contributed by atoms with Crippen molar-refractivity contribution >= 4 is 46.6 Å². The van der Waals surface area contributed by atoms with Crippen molar-refractivity contribution in [2.75, 3.05) is 37.6 Å². The zero-order valence-electron chi connectivity index (χ0n) is 15.7. The quantitative estimate of drug-likeness (QED) is 0.385. The second kappa shape index (κ2) is 10.7. The minimum Gasteiger partial charge on any atom is -0.357 e. The average molecular weight is 504 g/mol. The average Bonchev–Trinajstić information content (AvgIpc) is 3.16. The number of anilines is 1. The van der Waals surface area contributed by atoms with E-state index in [0.717, 1.165) is 61.6 Å². The molecule has 6 nitrogen and oxygen atoms in total. The van der Waals surface area contributed by atoms with E-state index in [4.69, 9.17) is 4.99 Å². The number of aliphatic imine (C=N–C) groups is 1. The molecule has 27 heavy (non-hydrogen) atoms. The Balaban J connectivity index is 0.00000261. The van der Waals surface area contributed by atoms with Crippen LogP contribution in [0.1, 0.15) is 25.2 Å². The molecule has 1 aromatic heterocycles. The molecule has 0 atom stereocenters. The minimum atomic E-state index is -0.219. The van der Waals surface area contributed by atoms with Gasteiger partial charge in [-0.3, -0.25) is 0 Å². The summed E-state index contributed by atoms with van der Waals surface area (Å²) < 4.78 is 17.4. The van der Waals surface area contributed by atoms with E-state index >= 15 is 0 Å². The molecule has 0 bridgehead atoms. The highest BCUT2D eigenvalue weighted by atomic mass is 127. The summed E-state index contributed by atoms with van der Waals surface area (Å²) in [4.78, 5) is 13.9. The molecule has 148 valence electrons. The van der Waals surface area contributed by atoms with Crippen LogP contribution in [0.2, 0.25) is 0 Å². The van der Waals surface area contributed by atoms with E-state index in [1.54, 1.807) is 12.1 Å². The van der Waals surface area contributed by atoms with Crippen molar-refractivity contribution in [3.05, 3.63) is 41.5 Å². The van der Waals surface area contributed by atoms with Gasteiger partial charge < -0.3 is 15.1 Å². The number of rotatable bonds is 5. The Labute approximate surface area is 181 Å². The first-order valence-electron chi connectivity index (χ1n) is 9.04. The van der Waals surface area contributed by atoms with Gasteiger partial charge in [0, 0.05) is 50.7 Å². The molecule has 1 saturated heterocycles. The van der Waals surface area contributed by atoms with E-state index in [0.29, 0.717) is 6.54 Å². The Bertz CT molecular complexity index is 728. The fraction of sp³-hybridized carbons (Fsp3) is 0.500. The Kier molecular flexibility index (Phi) is 8.68. The number of hydrogen-bond donors (Lipinski definition) is 1. The van der Waals surface area contributed by atoms with Crippen LogP contribution in [-0.2, 0) is 13.0 Å². The summed E-state index contributed by atoms with van der Waals surface area (Å²) >= 11 is 1.48. The third kappa shape index (κ3) is 6.00. The highest BCUT2D eigenvalue weighted by Crippen LogP contribution is 2.19. The second-order valence-corrected chi connectivity index (χ2v) is 6.85. The van der Waals surface area contributed by atoms with Gasteiger partial charge in [0.2, 0.25) is 5.13 Å². The van der Waals surface area contributed by atoms with E-state index in [-0.39, 0.29) is 29.8 Å². The van der Waals surface area contributed by atoms with E-state index in [1.807, 2.05) is 0 Å². The number of hydrogen-bond acceptors (Lipinski definition) is 5. The van der Waals surface area contributed by atoms with Gasteiger partial charge in [0.15, 0.2) is 5.96 Å². The van der Waals surface area contributed by atoms with Crippen LogP contribution in [0.25, 0.3) is 0 Å². The topological polar surface area (TPSA) is 56.7 Å². The van der Waals surface area contributed by atoms with Crippen molar-refractivity contribution < 1.29 is 4.39 Å². The minimum absolute atomic E-state index is 0. The van der Waals surface area contributed by atoms with Crippen molar-refractivity contribution in [3.63, 3.8) is 0 Å². The van der Waals surface area contributed by atoms with Gasteiger partial charge in [-0.05, 0) is 24.6 Å². The van der Waals surface area contributed by atoms with Crippen LogP contribution in [-0.4, -0.2) is 52.9 Å². The molecular formula is C18H26FIN6S. The molecule has 0 radical (unpaired) electrons. The molecule has 0 saturated carbocycles. The third-order valence-corrected chi connectivity index (χ3v) is 5.10. The smallest absolute Gasteiger partial charge is 0.205 e. The number of aromatic nitrogens is 2. The Morgan fingerprint density at radius 2 is 1.89 bits per heavy atom. The largest absolute Gasteiger partial charge is 0.357 e. The van der Waals surface area contributed by atoms with Gasteiger partial charge in [-0.2, -0.15) is 4.37 Å². The summed E-state index contributed by atoms with van der Waals surface area (Å²) in [5.41, 5.74) is 1.00. The molecule has 0 spiro atoms. The fourth-order valence-corrected chi connectivity index (χ4v) is 3.61. The molecule has 1 N–H and O–H groups in total. The van der Waals surface area contributed by atoms with Crippen LogP contribution in [0.4, 0.5) is 9.52 Å². The molecule has 2 heterocycles. The normalized spacial score (nSPS) is 14.9. The number of benzene rings is 1. The molecule has 1 aliphatic heterocycles. The Morgan fingerprint density at radius 1 is 1.19 bits per heavy atom. The lowest BCUT2D eigenvalue weighted by atomic mass is 10.2. The van der Waals surface area contributed by atoms with E-state index in [1.165, 1.54) is 23.7 Å². The first-order chi connectivity index (χ1) is 12.7. The summed E-state index contributed by atoms with van der Waals surface area (Å²) in [5.74, 6) is 1.60. The van der Waals surface area contributed by atoms with Gasteiger partial charge in [0.1, 0.15) is 11.6 Å². The summed E-state index contributed by atoms with van der Waals surface area (Å²) in [7, 11) is 0. The molecule has 2 aromatic rings. The van der Waals surface area contributed by atoms with Crippen LogP contribution in [0.5, 0.6) is 0 Å². The number of nitrogens with zero attached hydrogens (tertiary/aromatic N) is 5. The number of guanidine groups is 1. The third-order valence-electron chi connectivity index (χ3n) is 4.28. The number of piperazine rings is 1. The lowest BCUT2D eigenvalue weighted by Crippen LogP contribution is -2.52. The maximum atomic E-state index is 13.0. The maximum absolute atomic E-state index is 13.0. The molecule has 9 heteroatoms. The SMILES string of the molecule is CCNC(=NCc1ccc(F)cc1)N1CCN(c2nc(CC)ns2)CC1.I. The summed E-state index contributed by atoms with van der Waals surface area (Å²) in [6, 6.07) is 6.51. The predicted molar refractivity (Wildman–Crippen MR) is 120 cm³/mol. The van der Waals surface area contributed by atoms with Gasteiger partial charge in [0.05, 0.1) is 6.54 Å². The van der Waals surface area contributed by atoms with Crippen molar-refractivity contribution in [2.45, 2.75) is 26.8 Å². The molecule has 1 aromatic carbocycles. The van der Waals surface area contributed by atoms with Crippen molar-refractivity contribution in [3.8, 4) is 0 Å². The molecular weight excluding hydrogens is 478 g/mol. The number of aryl methyl sites for hydroxylation is 1. The van der Waals surface area contributed by atoms with Gasteiger partial charge in [-0.25, -0.2) is 14.4 Å². The molecule has 3 rings (SSSR count). The lowest BCUT2D eigenvalue weighted by Gasteiger charge is -2.36. The second-order valence-electron chi connectivity index (χ2n) is 6.12. The van der Waals surface area contributed by atoms with Crippen molar-refractivity contribution in [2.24, 2.45) is 4.99 Å². The van der Waals surface area contributed by atoms with Gasteiger partial charge in [0.25, 0.3) is 0 Å². The molecule has 1 aliphatic rings. The highest BCUT2D eigenvalue weighted by molar-refractivity contribution is 14.0. The van der Waals surface area contributed by atoms with Crippen molar-refractivity contribution in [1.82, 2.24) is 19.6 Å². The van der Waals surface area contributed by atoms with E-state index in [2.05, 4.69) is 38.3 Å². The van der Waals surface area contributed by atoms with E-state index < -0.39 is 0 Å². The summed E-state index contributed by atoms with van der Waals surface area (Å²) in [5, 5.41) is 4.37. The summed E-state index contributed by atoms with van der Waals surface area (Å²) in [6.07, 6.45) is 0.872. The molecule has 0 unspecified atom stereocenters. The van der Waals surface area contributed by atoms with Gasteiger partial charge in [-0.1, -0.05) is 19.1 Å². The molecule has 0 amide bonds. The van der Waals surface area contributed by atoms with Crippen molar-refractivity contribution in [1.29, 1.82) is 0 Å². The van der Waals surface area contributed by atoms with Crippen LogP contribution in [0.15, 0.2) is 29.3 Å².